The van der Waals surface area contributed by atoms with E-state index in [1.165, 1.54) is 5.56 Å². The number of likely N-dealkylation sites (N-methyl/N-ethyl adjacent to an activating group) is 1. The van der Waals surface area contributed by atoms with E-state index in [0.29, 0.717) is 11.6 Å². The first-order valence-electron chi connectivity index (χ1n) is 5.42. The molecule has 1 aromatic carbocycles. The van der Waals surface area contributed by atoms with Crippen molar-refractivity contribution >= 4 is 10.9 Å². The van der Waals surface area contributed by atoms with E-state index in [-0.39, 0.29) is 0 Å². The standard InChI is InChI=1S/C13H15N3/c1-9(15-2)5-11-8-16-13-4-3-10(7-14)6-12(11)13/h3-4,6,8-9,15-16H,5H2,1-2H3. The zero-order valence-electron chi connectivity index (χ0n) is 9.54. The molecule has 1 unspecified atom stereocenters. The number of aromatic nitrogens is 1. The number of benzene rings is 1. The number of rotatable bonds is 3. The Kier molecular flexibility index (Phi) is 2.93. The summed E-state index contributed by atoms with van der Waals surface area (Å²) >= 11 is 0. The second kappa shape index (κ2) is 4.38. The summed E-state index contributed by atoms with van der Waals surface area (Å²) in [5, 5.41) is 13.3. The van der Waals surface area contributed by atoms with E-state index in [2.05, 4.69) is 23.3 Å². The molecule has 0 aliphatic heterocycles. The Balaban J connectivity index is 2.42. The Morgan fingerprint density at radius 1 is 1.50 bits per heavy atom. The highest BCUT2D eigenvalue weighted by Gasteiger charge is 2.07. The van der Waals surface area contributed by atoms with Crippen molar-refractivity contribution in [2.24, 2.45) is 0 Å². The highest BCUT2D eigenvalue weighted by Crippen LogP contribution is 2.20. The third-order valence-corrected chi connectivity index (χ3v) is 2.92. The van der Waals surface area contributed by atoms with Gasteiger partial charge in [0.2, 0.25) is 0 Å². The zero-order valence-corrected chi connectivity index (χ0v) is 9.54. The molecule has 1 atom stereocenters. The maximum atomic E-state index is 8.88. The Hall–Kier alpha value is -1.79. The first kappa shape index (κ1) is 10.7. The lowest BCUT2D eigenvalue weighted by atomic mass is 10.0. The van der Waals surface area contributed by atoms with Crippen molar-refractivity contribution in [1.82, 2.24) is 10.3 Å². The lowest BCUT2D eigenvalue weighted by molar-refractivity contribution is 0.610. The molecule has 3 heteroatoms. The van der Waals surface area contributed by atoms with E-state index in [1.54, 1.807) is 0 Å². The monoisotopic (exact) mass is 213 g/mol. The number of hydrogen-bond acceptors (Lipinski definition) is 2. The van der Waals surface area contributed by atoms with Gasteiger partial charge < -0.3 is 10.3 Å². The SMILES string of the molecule is CNC(C)Cc1c[nH]c2ccc(C#N)cc12. The molecule has 0 bridgehead atoms. The van der Waals surface area contributed by atoms with Crippen LogP contribution in [0.25, 0.3) is 10.9 Å². The van der Waals surface area contributed by atoms with E-state index in [1.807, 2.05) is 31.4 Å². The third-order valence-electron chi connectivity index (χ3n) is 2.92. The fourth-order valence-electron chi connectivity index (χ4n) is 1.85. The van der Waals surface area contributed by atoms with Gasteiger partial charge in [0.05, 0.1) is 11.6 Å². The van der Waals surface area contributed by atoms with Crippen molar-refractivity contribution < 1.29 is 0 Å². The van der Waals surface area contributed by atoms with Gasteiger partial charge >= 0.3 is 0 Å². The van der Waals surface area contributed by atoms with Gasteiger partial charge in [-0.15, -0.1) is 0 Å². The first-order chi connectivity index (χ1) is 7.74. The average molecular weight is 213 g/mol. The summed E-state index contributed by atoms with van der Waals surface area (Å²) in [7, 11) is 1.96. The topological polar surface area (TPSA) is 51.6 Å². The van der Waals surface area contributed by atoms with Crippen molar-refractivity contribution in [3.05, 3.63) is 35.5 Å². The molecule has 0 saturated carbocycles. The largest absolute Gasteiger partial charge is 0.361 e. The van der Waals surface area contributed by atoms with E-state index in [4.69, 9.17) is 5.26 Å². The molecular weight excluding hydrogens is 198 g/mol. The van der Waals surface area contributed by atoms with Crippen LogP contribution in [0, 0.1) is 11.3 Å². The normalized spacial score (nSPS) is 12.6. The van der Waals surface area contributed by atoms with Gasteiger partial charge in [-0.1, -0.05) is 0 Å². The van der Waals surface area contributed by atoms with Gasteiger partial charge in [0, 0.05) is 23.1 Å². The van der Waals surface area contributed by atoms with Crippen LogP contribution < -0.4 is 5.32 Å². The summed E-state index contributed by atoms with van der Waals surface area (Å²) in [4.78, 5) is 3.23. The van der Waals surface area contributed by atoms with Crippen LogP contribution in [-0.4, -0.2) is 18.1 Å². The van der Waals surface area contributed by atoms with Crippen LogP contribution in [0.3, 0.4) is 0 Å². The molecule has 0 saturated heterocycles. The van der Waals surface area contributed by atoms with Crippen LogP contribution in [0.15, 0.2) is 24.4 Å². The molecular formula is C13H15N3. The van der Waals surface area contributed by atoms with Gasteiger partial charge in [-0.3, -0.25) is 0 Å². The lowest BCUT2D eigenvalue weighted by Gasteiger charge is -2.08. The van der Waals surface area contributed by atoms with Crippen LogP contribution >= 0.6 is 0 Å². The second-order valence-corrected chi connectivity index (χ2v) is 4.08. The van der Waals surface area contributed by atoms with Crippen molar-refractivity contribution in [2.45, 2.75) is 19.4 Å². The highest BCUT2D eigenvalue weighted by molar-refractivity contribution is 5.84. The summed E-state index contributed by atoms with van der Waals surface area (Å²) in [6.07, 6.45) is 2.99. The van der Waals surface area contributed by atoms with Crippen molar-refractivity contribution in [3.63, 3.8) is 0 Å². The maximum absolute atomic E-state index is 8.88. The number of fused-ring (bicyclic) bond motifs is 1. The average Bonchev–Trinajstić information content (AvgIpc) is 2.71. The minimum Gasteiger partial charge on any atom is -0.361 e. The molecule has 3 nitrogen and oxygen atoms in total. The fraction of sp³-hybridized carbons (Fsp3) is 0.308. The molecule has 0 spiro atoms. The van der Waals surface area contributed by atoms with Crippen molar-refractivity contribution in [1.29, 1.82) is 5.26 Å². The fourth-order valence-corrected chi connectivity index (χ4v) is 1.85. The Bertz CT molecular complexity index is 534. The number of nitriles is 1. The number of aromatic amines is 1. The van der Waals surface area contributed by atoms with Crippen molar-refractivity contribution in [2.75, 3.05) is 7.05 Å². The number of nitrogens with one attached hydrogen (secondary N) is 2. The van der Waals surface area contributed by atoms with E-state index in [9.17, 15) is 0 Å². The third kappa shape index (κ3) is 1.93. The summed E-state index contributed by atoms with van der Waals surface area (Å²) < 4.78 is 0. The Morgan fingerprint density at radius 3 is 3.00 bits per heavy atom. The first-order valence-corrected chi connectivity index (χ1v) is 5.42. The molecule has 1 aromatic heterocycles. The smallest absolute Gasteiger partial charge is 0.0991 e. The summed E-state index contributed by atoms with van der Waals surface area (Å²) in [5.41, 5.74) is 3.07. The molecule has 0 fully saturated rings. The quantitative estimate of drug-likeness (QED) is 0.821. The number of hydrogen-bond donors (Lipinski definition) is 2. The molecule has 0 aliphatic rings. The number of H-pyrrole nitrogens is 1. The second-order valence-electron chi connectivity index (χ2n) is 4.08. The molecule has 0 aliphatic carbocycles. The molecule has 0 amide bonds. The molecule has 0 radical (unpaired) electrons. The van der Waals surface area contributed by atoms with Crippen molar-refractivity contribution in [3.8, 4) is 6.07 Å². The number of nitrogens with zero attached hydrogens (tertiary/aromatic N) is 1. The summed E-state index contributed by atoms with van der Waals surface area (Å²) in [6.45, 7) is 2.15. The highest BCUT2D eigenvalue weighted by atomic mass is 14.8. The van der Waals surface area contributed by atoms with Crippen LogP contribution in [0.5, 0.6) is 0 Å². The van der Waals surface area contributed by atoms with Crippen LogP contribution in [-0.2, 0) is 6.42 Å². The van der Waals surface area contributed by atoms with E-state index in [0.717, 1.165) is 17.3 Å². The van der Waals surface area contributed by atoms with Gasteiger partial charge in [0.15, 0.2) is 0 Å². The molecule has 82 valence electrons. The lowest BCUT2D eigenvalue weighted by Crippen LogP contribution is -2.23. The van der Waals surface area contributed by atoms with Crippen LogP contribution in [0.2, 0.25) is 0 Å². The van der Waals surface area contributed by atoms with Gasteiger partial charge in [-0.2, -0.15) is 5.26 Å². The van der Waals surface area contributed by atoms with Crippen LogP contribution in [0.4, 0.5) is 0 Å². The molecule has 2 aromatic rings. The van der Waals surface area contributed by atoms with E-state index >= 15 is 0 Å². The molecule has 2 N–H and O–H groups in total. The summed E-state index contributed by atoms with van der Waals surface area (Å²) in [6, 6.07) is 8.35. The van der Waals surface area contributed by atoms with Crippen LogP contribution in [0.1, 0.15) is 18.1 Å². The Morgan fingerprint density at radius 2 is 2.31 bits per heavy atom. The predicted molar refractivity (Wildman–Crippen MR) is 65.2 cm³/mol. The van der Waals surface area contributed by atoms with Gasteiger partial charge in [-0.05, 0) is 44.2 Å². The maximum Gasteiger partial charge on any atom is 0.0991 e. The minimum atomic E-state index is 0.435. The van der Waals surface area contributed by atoms with E-state index < -0.39 is 0 Å². The Labute approximate surface area is 95.1 Å². The van der Waals surface area contributed by atoms with Gasteiger partial charge in [0.1, 0.15) is 0 Å². The minimum absolute atomic E-state index is 0.435. The van der Waals surface area contributed by atoms with Gasteiger partial charge in [0.25, 0.3) is 0 Å². The van der Waals surface area contributed by atoms with Gasteiger partial charge in [-0.25, -0.2) is 0 Å². The molecule has 2 rings (SSSR count). The zero-order chi connectivity index (χ0) is 11.5. The molecule has 1 heterocycles. The summed E-state index contributed by atoms with van der Waals surface area (Å²) in [5.74, 6) is 0. The molecule has 16 heavy (non-hydrogen) atoms. The predicted octanol–water partition coefficient (Wildman–Crippen LogP) is 2.19.